The number of carbonyl (C=O) groups excluding carboxylic acids is 3. The Morgan fingerprint density at radius 2 is 0.592 bits per heavy atom. The quantitative estimate of drug-likeness (QED) is 0.0655. The Balaban J connectivity index is 0.00000260. The third-order valence-corrected chi connectivity index (χ3v) is 11.5. The second kappa shape index (κ2) is 30.6. The van der Waals surface area contributed by atoms with E-state index in [-0.39, 0.29) is 17.1 Å². The minimum atomic E-state index is -0.573. The van der Waals surface area contributed by atoms with Crippen molar-refractivity contribution in [3.8, 4) is 52.8 Å². The lowest BCUT2D eigenvalue weighted by atomic mass is 10.1. The molecule has 0 bridgehead atoms. The highest BCUT2D eigenvalue weighted by atomic mass is 16.5. The van der Waals surface area contributed by atoms with Crippen molar-refractivity contribution in [3.63, 3.8) is 0 Å². The summed E-state index contributed by atoms with van der Waals surface area (Å²) >= 11 is 0. The molecule has 0 N–H and O–H groups in total. The zero-order valence-electron chi connectivity index (χ0n) is 45.1. The van der Waals surface area contributed by atoms with Crippen LogP contribution in [0, 0.1) is 35.5 Å². The number of pyridine rings is 3. The number of hydrogen-bond acceptors (Lipinski definition) is 15. The maximum atomic E-state index is 13.0. The predicted molar refractivity (Wildman–Crippen MR) is 292 cm³/mol. The molecule has 3 aromatic carbocycles. The van der Waals surface area contributed by atoms with Crippen LogP contribution in [0.3, 0.4) is 0 Å². The molecule has 76 heavy (non-hydrogen) atoms. The lowest BCUT2D eigenvalue weighted by Crippen LogP contribution is -2.36. The van der Waals surface area contributed by atoms with Gasteiger partial charge in [-0.15, -0.1) is 0 Å². The van der Waals surface area contributed by atoms with E-state index in [0.29, 0.717) is 92.7 Å². The van der Waals surface area contributed by atoms with Crippen molar-refractivity contribution in [2.45, 2.75) is 47.3 Å². The predicted octanol–water partition coefficient (Wildman–Crippen LogP) is 8.33. The van der Waals surface area contributed by atoms with Gasteiger partial charge in [-0.2, -0.15) is 0 Å². The first kappa shape index (κ1) is 58.4. The second-order valence-electron chi connectivity index (χ2n) is 16.4. The smallest absolute Gasteiger partial charge is 0.356 e. The first-order chi connectivity index (χ1) is 37.0. The minimum absolute atomic E-state index is 0.145. The van der Waals surface area contributed by atoms with Crippen LogP contribution in [-0.2, 0) is 33.8 Å². The van der Waals surface area contributed by atoms with E-state index in [1.807, 2.05) is 119 Å². The lowest BCUT2D eigenvalue weighted by Gasteiger charge is -2.25. The van der Waals surface area contributed by atoms with Crippen molar-refractivity contribution in [3.05, 3.63) is 177 Å². The molecule has 15 nitrogen and oxygen atoms in total. The van der Waals surface area contributed by atoms with Crippen molar-refractivity contribution in [2.24, 2.45) is 0 Å². The molecular weight excluding hydrogens is 961 g/mol. The van der Waals surface area contributed by atoms with Crippen LogP contribution in [0.1, 0.15) is 110 Å². The highest BCUT2D eigenvalue weighted by molar-refractivity contribution is 5.88. The zero-order chi connectivity index (χ0) is 54.8. The average molecular weight is 1030 g/mol. The Bertz CT molecular complexity index is 2730. The number of rotatable bonds is 12. The lowest BCUT2D eigenvalue weighted by molar-refractivity contribution is 0.0584. The van der Waals surface area contributed by atoms with E-state index in [0.717, 1.165) is 33.9 Å². The number of methoxy groups -OCH3 is 6. The summed E-state index contributed by atoms with van der Waals surface area (Å²) < 4.78 is 31.2. The molecule has 0 unspecified atom stereocenters. The molecule has 0 amide bonds. The highest BCUT2D eigenvalue weighted by Crippen LogP contribution is 2.18. The molecule has 1 aliphatic rings. The summed E-state index contributed by atoms with van der Waals surface area (Å²) in [5, 5.41) is 0. The van der Waals surface area contributed by atoms with Crippen LogP contribution in [-0.4, -0.2) is 129 Å². The van der Waals surface area contributed by atoms with E-state index in [2.05, 4.69) is 50.2 Å². The molecule has 7 rings (SSSR count). The van der Waals surface area contributed by atoms with Gasteiger partial charge in [-0.05, 0) is 109 Å². The number of nitrogens with zero attached hydrogens (tertiary/aromatic N) is 6. The van der Waals surface area contributed by atoms with Gasteiger partial charge in [0.2, 0.25) is 0 Å². The molecule has 1 saturated heterocycles. The van der Waals surface area contributed by atoms with Crippen LogP contribution >= 0.6 is 0 Å². The SMILES string of the molecule is CC.CC.COC(=O)c1cc(C#Cc2ccc(OC)cc2)cc(CN2CCN(Cc3cc(C#Cc4ccc(OC)cc4)cc(C(=O)OC)n3)CCN(Cc3cc(C#Cc4ccc(OC)cc4)cc(C(=O)OC)n3)CC2)n1. The third kappa shape index (κ3) is 17.9. The first-order valence-corrected chi connectivity index (χ1v) is 25.0. The van der Waals surface area contributed by atoms with Gasteiger partial charge < -0.3 is 28.4 Å². The summed E-state index contributed by atoms with van der Waals surface area (Å²) in [7, 11) is 8.79. The van der Waals surface area contributed by atoms with Crippen molar-refractivity contribution < 1.29 is 42.8 Å². The number of carbonyl (C=O) groups is 3. The molecule has 0 spiro atoms. The average Bonchev–Trinajstić information content (AvgIpc) is 3.56. The Kier molecular flexibility index (Phi) is 23.5. The fraction of sp³-hybridized carbons (Fsp3) is 0.311. The van der Waals surface area contributed by atoms with Crippen molar-refractivity contribution >= 4 is 17.9 Å². The topological polar surface area (TPSA) is 155 Å². The number of ether oxygens (including phenoxy) is 6. The van der Waals surface area contributed by atoms with Crippen LogP contribution in [0.25, 0.3) is 0 Å². The van der Waals surface area contributed by atoms with Crippen molar-refractivity contribution in [1.29, 1.82) is 0 Å². The number of esters is 3. The second-order valence-corrected chi connectivity index (χ2v) is 16.4. The Morgan fingerprint density at radius 3 is 0.803 bits per heavy atom. The van der Waals surface area contributed by atoms with E-state index < -0.39 is 17.9 Å². The minimum Gasteiger partial charge on any atom is -0.497 e. The van der Waals surface area contributed by atoms with Crippen LogP contribution in [0.2, 0.25) is 0 Å². The maximum Gasteiger partial charge on any atom is 0.356 e. The standard InChI is InChI=1S/C57H54N6O9.2C2H6/c1-67-49-19-13-40(14-20-49)7-10-43-31-46(58-52(34-43)55(64)70-4)37-61-25-27-62(38-47-32-44(35-53(59-47)56(65)71-5)11-8-41-15-21-50(68-2)22-16-41)29-30-63(28-26-61)39-48-33-45(36-54(60-48)57(66)72-6)12-9-42-17-23-51(69-3)24-18-42;2*1-2/h13-24,31-36H,25-30,37-39H2,1-6H3;2*1-2H3. The number of aromatic nitrogens is 3. The Morgan fingerprint density at radius 1 is 0.368 bits per heavy atom. The fourth-order valence-electron chi connectivity index (χ4n) is 7.65. The molecule has 1 aliphatic heterocycles. The third-order valence-electron chi connectivity index (χ3n) is 11.5. The monoisotopic (exact) mass is 1030 g/mol. The van der Waals surface area contributed by atoms with Crippen LogP contribution < -0.4 is 14.2 Å². The molecule has 4 heterocycles. The van der Waals surface area contributed by atoms with Crippen LogP contribution in [0.4, 0.5) is 0 Å². The molecule has 0 atom stereocenters. The van der Waals surface area contributed by atoms with Gasteiger partial charge in [-0.3, -0.25) is 14.7 Å². The highest BCUT2D eigenvalue weighted by Gasteiger charge is 2.22. The van der Waals surface area contributed by atoms with Gasteiger partial charge in [-0.25, -0.2) is 29.3 Å². The largest absolute Gasteiger partial charge is 0.497 e. The summed E-state index contributed by atoms with van der Waals surface area (Å²) in [6.45, 7) is 12.8. The maximum absolute atomic E-state index is 13.0. The van der Waals surface area contributed by atoms with Gasteiger partial charge >= 0.3 is 17.9 Å². The van der Waals surface area contributed by atoms with E-state index in [1.165, 1.54) is 21.3 Å². The Hall–Kier alpha value is -8.52. The summed E-state index contributed by atoms with van der Waals surface area (Å²) in [5.41, 5.74) is 6.48. The van der Waals surface area contributed by atoms with Gasteiger partial charge in [-0.1, -0.05) is 63.2 Å². The molecule has 0 aliphatic carbocycles. The van der Waals surface area contributed by atoms with Crippen molar-refractivity contribution in [1.82, 2.24) is 29.7 Å². The molecule has 0 saturated carbocycles. The Labute approximate surface area is 447 Å². The molecule has 0 radical (unpaired) electrons. The van der Waals surface area contributed by atoms with Crippen LogP contribution in [0.15, 0.2) is 109 Å². The van der Waals surface area contributed by atoms with Gasteiger partial charge in [0.15, 0.2) is 0 Å². The zero-order valence-corrected chi connectivity index (χ0v) is 45.1. The molecule has 15 heteroatoms. The first-order valence-electron chi connectivity index (χ1n) is 25.0. The summed E-state index contributed by atoms with van der Waals surface area (Å²) in [6.07, 6.45) is 0. The molecule has 394 valence electrons. The van der Waals surface area contributed by atoms with Gasteiger partial charge in [0, 0.05) is 92.3 Å². The van der Waals surface area contributed by atoms with Crippen molar-refractivity contribution in [2.75, 3.05) is 81.9 Å². The van der Waals surface area contributed by atoms with E-state index >= 15 is 0 Å². The van der Waals surface area contributed by atoms with Gasteiger partial charge in [0.05, 0.1) is 59.7 Å². The van der Waals surface area contributed by atoms with E-state index in [4.69, 9.17) is 43.4 Å². The normalized spacial score (nSPS) is 12.4. The molecule has 1 fully saturated rings. The summed E-state index contributed by atoms with van der Waals surface area (Å²) in [5.74, 6) is 19.6. The summed E-state index contributed by atoms with van der Waals surface area (Å²) in [4.78, 5) is 59.9. The molecule has 3 aromatic heterocycles. The summed E-state index contributed by atoms with van der Waals surface area (Å²) in [6, 6.07) is 32.8. The molecule has 6 aromatic rings. The number of benzene rings is 3. The number of hydrogen-bond donors (Lipinski definition) is 0. The fourth-order valence-corrected chi connectivity index (χ4v) is 7.65. The molecular formula is C61H66N6O9. The van der Waals surface area contributed by atoms with Crippen LogP contribution in [0.5, 0.6) is 17.2 Å². The van der Waals surface area contributed by atoms with E-state index in [1.54, 1.807) is 39.5 Å². The van der Waals surface area contributed by atoms with E-state index in [9.17, 15) is 14.4 Å². The van der Waals surface area contributed by atoms with Gasteiger partial charge in [0.1, 0.15) is 34.3 Å². The van der Waals surface area contributed by atoms with Gasteiger partial charge in [0.25, 0.3) is 0 Å².